The molecule has 24 heavy (non-hydrogen) atoms. The van der Waals surface area contributed by atoms with Crippen molar-refractivity contribution in [2.24, 2.45) is 5.41 Å². The van der Waals surface area contributed by atoms with Crippen LogP contribution in [0.3, 0.4) is 0 Å². The molecule has 1 saturated carbocycles. The van der Waals surface area contributed by atoms with Gasteiger partial charge in [0.05, 0.1) is 12.0 Å². The molecule has 0 bridgehead atoms. The smallest absolute Gasteiger partial charge is 0.305 e. The number of nitrogens with two attached hydrogens (primary N) is 1. The second-order valence-corrected chi connectivity index (χ2v) is 5.96. The Morgan fingerprint density at radius 2 is 2.42 bits per heavy atom. The minimum atomic E-state index is -0.563. The molecule has 0 amide bonds. The summed E-state index contributed by atoms with van der Waals surface area (Å²) < 4.78 is 6.81. The lowest BCUT2D eigenvalue weighted by atomic mass is 10.1. The first-order chi connectivity index (χ1) is 11.5. The highest BCUT2D eigenvalue weighted by molar-refractivity contribution is 5.74. The molecule has 2 aromatic rings. The average molecular weight is 333 g/mol. The molecule has 0 aromatic carbocycles. The topological polar surface area (TPSA) is 136 Å². The van der Waals surface area contributed by atoms with Gasteiger partial charge in [-0.05, 0) is 18.4 Å². The Kier molecular flexibility index (Phi) is 4.10. The van der Waals surface area contributed by atoms with Crippen LogP contribution in [-0.4, -0.2) is 43.8 Å². The van der Waals surface area contributed by atoms with Crippen molar-refractivity contribution >= 4 is 29.3 Å². The maximum atomic E-state index is 11.8. The molecule has 2 heterocycles. The lowest BCUT2D eigenvalue weighted by molar-refractivity contribution is -0.145. The molecule has 3 rings (SSSR count). The van der Waals surface area contributed by atoms with E-state index in [1.165, 1.54) is 6.33 Å². The number of ether oxygens (including phenoxy) is 1. The highest BCUT2D eigenvalue weighted by atomic mass is 16.5. The number of fused-ring (bicyclic) bond motifs is 1. The highest BCUT2D eigenvalue weighted by Gasteiger charge is 2.49. The number of carbonyl (C=O) groups is 1. The Morgan fingerprint density at radius 1 is 1.62 bits per heavy atom. The number of hydrogen-bond acceptors (Lipinski definition) is 7. The summed E-state index contributed by atoms with van der Waals surface area (Å²) in [5.74, 6) is -0.268. The zero-order valence-electron chi connectivity index (χ0n) is 13.3. The van der Waals surface area contributed by atoms with E-state index >= 15 is 0 Å². The number of nitrogens with one attached hydrogen (secondary N) is 1. The molecular weight excluding hydrogens is 314 g/mol. The Balaban J connectivity index is 1.82. The maximum Gasteiger partial charge on any atom is 0.305 e. The molecule has 1 aliphatic rings. The van der Waals surface area contributed by atoms with Crippen molar-refractivity contribution in [3.63, 3.8) is 0 Å². The SMILES string of the molecule is CCCC(=O)OCC1(CO)C/C1=C/n1cnc2c(=O)[nH]c(N)nc21. The van der Waals surface area contributed by atoms with E-state index in [2.05, 4.69) is 15.0 Å². The molecule has 128 valence electrons. The Morgan fingerprint density at radius 3 is 3.12 bits per heavy atom. The fraction of sp³-hybridized carbons (Fsp3) is 0.467. The molecule has 1 atom stereocenters. The number of aliphatic hydroxyl groups excluding tert-OH is 1. The van der Waals surface area contributed by atoms with Crippen LogP contribution < -0.4 is 11.3 Å². The van der Waals surface area contributed by atoms with Gasteiger partial charge < -0.3 is 15.6 Å². The van der Waals surface area contributed by atoms with Crippen molar-refractivity contribution in [2.45, 2.75) is 26.2 Å². The number of carbonyl (C=O) groups excluding carboxylic acids is 1. The van der Waals surface area contributed by atoms with E-state index in [4.69, 9.17) is 10.5 Å². The van der Waals surface area contributed by atoms with Gasteiger partial charge in [-0.3, -0.25) is 19.1 Å². The summed E-state index contributed by atoms with van der Waals surface area (Å²) in [6.07, 6.45) is 4.88. The van der Waals surface area contributed by atoms with Gasteiger partial charge in [0, 0.05) is 12.6 Å². The fourth-order valence-corrected chi connectivity index (χ4v) is 2.55. The van der Waals surface area contributed by atoms with Crippen LogP contribution >= 0.6 is 0 Å². The summed E-state index contributed by atoms with van der Waals surface area (Å²) in [6, 6.07) is 0. The van der Waals surface area contributed by atoms with E-state index in [-0.39, 0.29) is 30.6 Å². The number of nitrogens with zero attached hydrogens (tertiary/aromatic N) is 3. The quantitative estimate of drug-likeness (QED) is 0.645. The summed E-state index contributed by atoms with van der Waals surface area (Å²) in [4.78, 5) is 33.8. The largest absolute Gasteiger partial charge is 0.465 e. The first-order valence-electron chi connectivity index (χ1n) is 7.69. The molecule has 1 fully saturated rings. The molecule has 0 radical (unpaired) electrons. The number of imidazole rings is 1. The molecule has 1 unspecified atom stereocenters. The third kappa shape index (κ3) is 2.90. The average Bonchev–Trinajstić information content (AvgIpc) is 3.08. The van der Waals surface area contributed by atoms with Crippen LogP contribution in [-0.2, 0) is 9.53 Å². The zero-order chi connectivity index (χ0) is 17.3. The number of rotatable bonds is 6. The molecule has 0 spiro atoms. The van der Waals surface area contributed by atoms with Gasteiger partial charge in [0.2, 0.25) is 5.95 Å². The van der Waals surface area contributed by atoms with E-state index in [0.29, 0.717) is 18.5 Å². The predicted octanol–water partition coefficient (Wildman–Crippen LogP) is 0.268. The maximum absolute atomic E-state index is 11.8. The molecule has 0 aliphatic heterocycles. The van der Waals surface area contributed by atoms with E-state index in [1.807, 2.05) is 6.92 Å². The van der Waals surface area contributed by atoms with Gasteiger partial charge in [0.15, 0.2) is 11.2 Å². The van der Waals surface area contributed by atoms with Crippen molar-refractivity contribution in [2.75, 3.05) is 18.9 Å². The summed E-state index contributed by atoms with van der Waals surface area (Å²) in [7, 11) is 0. The van der Waals surface area contributed by atoms with E-state index in [0.717, 1.165) is 12.0 Å². The van der Waals surface area contributed by atoms with Crippen molar-refractivity contribution in [1.29, 1.82) is 0 Å². The summed E-state index contributed by atoms with van der Waals surface area (Å²) in [5.41, 5.74) is 6.01. The lowest BCUT2D eigenvalue weighted by Gasteiger charge is -2.11. The molecule has 9 nitrogen and oxygen atoms in total. The Labute approximate surface area is 137 Å². The number of anilines is 1. The molecular formula is C15H19N5O4. The van der Waals surface area contributed by atoms with Gasteiger partial charge in [-0.25, -0.2) is 4.98 Å². The summed E-state index contributed by atoms with van der Waals surface area (Å²) in [6.45, 7) is 1.91. The van der Waals surface area contributed by atoms with Crippen molar-refractivity contribution < 1.29 is 14.6 Å². The second kappa shape index (κ2) is 6.08. The number of aromatic amines is 1. The van der Waals surface area contributed by atoms with Crippen molar-refractivity contribution in [3.8, 4) is 0 Å². The summed E-state index contributed by atoms with van der Waals surface area (Å²) >= 11 is 0. The number of aliphatic hydroxyl groups is 1. The summed E-state index contributed by atoms with van der Waals surface area (Å²) in [5, 5.41) is 9.65. The molecule has 2 aromatic heterocycles. The van der Waals surface area contributed by atoms with E-state index < -0.39 is 11.0 Å². The number of hydrogen-bond donors (Lipinski definition) is 3. The van der Waals surface area contributed by atoms with E-state index in [1.54, 1.807) is 10.8 Å². The van der Waals surface area contributed by atoms with Crippen molar-refractivity contribution in [1.82, 2.24) is 19.5 Å². The van der Waals surface area contributed by atoms with Crippen LogP contribution in [0.4, 0.5) is 5.95 Å². The highest BCUT2D eigenvalue weighted by Crippen LogP contribution is 2.52. The van der Waals surface area contributed by atoms with Crippen LogP contribution in [0, 0.1) is 5.41 Å². The molecule has 0 saturated heterocycles. The normalized spacial score (nSPS) is 21.3. The molecule has 1 aliphatic carbocycles. The fourth-order valence-electron chi connectivity index (χ4n) is 2.55. The third-order valence-corrected chi connectivity index (χ3v) is 4.10. The van der Waals surface area contributed by atoms with E-state index in [9.17, 15) is 14.7 Å². The molecule has 4 N–H and O–H groups in total. The Hall–Kier alpha value is -2.68. The first-order valence-corrected chi connectivity index (χ1v) is 7.69. The van der Waals surface area contributed by atoms with Gasteiger partial charge >= 0.3 is 5.97 Å². The lowest BCUT2D eigenvalue weighted by Crippen LogP contribution is -2.18. The monoisotopic (exact) mass is 333 g/mol. The third-order valence-electron chi connectivity index (χ3n) is 4.10. The van der Waals surface area contributed by atoms with Gasteiger partial charge in [0.25, 0.3) is 5.56 Å². The van der Waals surface area contributed by atoms with Crippen LogP contribution in [0.15, 0.2) is 16.7 Å². The zero-order valence-corrected chi connectivity index (χ0v) is 13.3. The van der Waals surface area contributed by atoms with Crippen LogP contribution in [0.5, 0.6) is 0 Å². The predicted molar refractivity (Wildman–Crippen MR) is 86.8 cm³/mol. The van der Waals surface area contributed by atoms with Crippen LogP contribution in [0.25, 0.3) is 17.4 Å². The van der Waals surface area contributed by atoms with Crippen LogP contribution in [0.2, 0.25) is 0 Å². The Bertz CT molecular complexity index is 868. The van der Waals surface area contributed by atoms with Gasteiger partial charge in [-0.2, -0.15) is 4.98 Å². The number of esters is 1. The minimum absolute atomic E-state index is 0.00497. The molecule has 9 heteroatoms. The van der Waals surface area contributed by atoms with Gasteiger partial charge in [-0.1, -0.05) is 6.92 Å². The second-order valence-electron chi connectivity index (χ2n) is 5.96. The number of H-pyrrole nitrogens is 1. The standard InChI is InChI=1S/C15H19N5O4/c1-2-3-10(22)24-7-15(6-21)4-9(15)5-20-8-17-11-12(20)18-14(16)19-13(11)23/h5,8,21H,2-4,6-7H2,1H3,(H3,16,18,19,23)/b9-5-. The number of nitrogen functional groups attached to an aromatic ring is 1. The van der Waals surface area contributed by atoms with Gasteiger partial charge in [-0.15, -0.1) is 0 Å². The van der Waals surface area contributed by atoms with Gasteiger partial charge in [0.1, 0.15) is 12.9 Å². The van der Waals surface area contributed by atoms with Crippen molar-refractivity contribution in [3.05, 3.63) is 22.3 Å². The minimum Gasteiger partial charge on any atom is -0.465 e. The number of aromatic nitrogens is 4. The van der Waals surface area contributed by atoms with Crippen LogP contribution in [0.1, 0.15) is 26.2 Å². The first kappa shape index (κ1) is 16.2.